The normalized spacial score (nSPS) is 11.9. The Morgan fingerprint density at radius 2 is 1.61 bits per heavy atom. The van der Waals surface area contributed by atoms with Crippen molar-refractivity contribution >= 4 is 39.7 Å². The number of amides is 1. The van der Waals surface area contributed by atoms with Crippen molar-refractivity contribution < 1.29 is 34.1 Å². The minimum absolute atomic E-state index is 0.159. The number of aryl methyl sites for hydroxylation is 2. The van der Waals surface area contributed by atoms with Crippen LogP contribution in [0, 0.1) is 12.8 Å². The number of aliphatic carboxylic acids is 1. The first-order chi connectivity index (χ1) is 21.1. The van der Waals surface area contributed by atoms with Gasteiger partial charge in [-0.05, 0) is 60.4 Å². The summed E-state index contributed by atoms with van der Waals surface area (Å²) in [4.78, 5) is 39.1. The van der Waals surface area contributed by atoms with E-state index < -0.39 is 24.1 Å². The molecule has 44 heavy (non-hydrogen) atoms. The van der Waals surface area contributed by atoms with E-state index in [-0.39, 0.29) is 11.8 Å². The quantitative estimate of drug-likeness (QED) is 0.0937. The highest BCUT2D eigenvalue weighted by Crippen LogP contribution is 2.37. The van der Waals surface area contributed by atoms with E-state index in [2.05, 4.69) is 10.3 Å². The highest BCUT2D eigenvalue weighted by molar-refractivity contribution is 6.01. The maximum absolute atomic E-state index is 12.8. The van der Waals surface area contributed by atoms with Crippen LogP contribution in [0.15, 0.2) is 78.9 Å². The molecule has 0 saturated carbocycles. The molecule has 9 heteroatoms. The van der Waals surface area contributed by atoms with Crippen molar-refractivity contribution in [1.82, 2.24) is 10.3 Å². The van der Waals surface area contributed by atoms with Crippen molar-refractivity contribution in [2.45, 2.75) is 39.7 Å². The molecule has 1 heterocycles. The van der Waals surface area contributed by atoms with Gasteiger partial charge < -0.3 is 30.0 Å². The molecule has 1 atom stereocenters. The van der Waals surface area contributed by atoms with Gasteiger partial charge in [0, 0.05) is 27.5 Å². The largest absolute Gasteiger partial charge is 0.512 e. The second kappa shape index (κ2) is 12.9. The fraction of sp³-hybridized carbons (Fsp3) is 0.229. The van der Waals surface area contributed by atoms with Crippen LogP contribution < -0.4 is 14.8 Å². The molecule has 226 valence electrons. The van der Waals surface area contributed by atoms with Gasteiger partial charge in [-0.25, -0.2) is 9.59 Å². The van der Waals surface area contributed by atoms with Gasteiger partial charge in [0.2, 0.25) is 5.88 Å². The SMILES string of the molecule is Cc1cc(C(=O)N[C@H](C(=O)O)C(C)C)ccc1-c1cccc2c(CCCOc3cccc4ccccc34)c(OC(=O)O)[nH]c12. The first-order valence-electron chi connectivity index (χ1n) is 14.4. The van der Waals surface area contributed by atoms with Crippen LogP contribution in [-0.4, -0.2) is 45.9 Å². The molecule has 0 spiro atoms. The number of benzene rings is 4. The summed E-state index contributed by atoms with van der Waals surface area (Å²) < 4.78 is 11.3. The van der Waals surface area contributed by atoms with Crippen LogP contribution in [0.2, 0.25) is 0 Å². The van der Waals surface area contributed by atoms with E-state index in [9.17, 15) is 24.6 Å². The molecule has 5 rings (SSSR count). The second-order valence-corrected chi connectivity index (χ2v) is 11.0. The molecule has 9 nitrogen and oxygen atoms in total. The highest BCUT2D eigenvalue weighted by atomic mass is 16.7. The molecule has 0 bridgehead atoms. The molecular weight excluding hydrogens is 560 g/mol. The predicted octanol–water partition coefficient (Wildman–Crippen LogP) is 7.20. The summed E-state index contributed by atoms with van der Waals surface area (Å²) in [6.45, 7) is 5.76. The van der Waals surface area contributed by atoms with Gasteiger partial charge in [0.05, 0.1) is 12.1 Å². The van der Waals surface area contributed by atoms with E-state index in [4.69, 9.17) is 9.47 Å². The van der Waals surface area contributed by atoms with Gasteiger partial charge in [-0.1, -0.05) is 74.5 Å². The number of H-pyrrole nitrogens is 1. The number of ether oxygens (including phenoxy) is 2. The lowest BCUT2D eigenvalue weighted by Gasteiger charge is -2.18. The summed E-state index contributed by atoms with van der Waals surface area (Å²) in [5, 5.41) is 24.4. The lowest BCUT2D eigenvalue weighted by Crippen LogP contribution is -2.44. The summed E-state index contributed by atoms with van der Waals surface area (Å²) in [6.07, 6.45) is -0.290. The fourth-order valence-electron chi connectivity index (χ4n) is 5.49. The molecule has 5 aromatic rings. The third kappa shape index (κ3) is 6.36. The van der Waals surface area contributed by atoms with Crippen LogP contribution in [0.3, 0.4) is 0 Å². The van der Waals surface area contributed by atoms with Gasteiger partial charge in [-0.2, -0.15) is 0 Å². The maximum atomic E-state index is 12.8. The molecule has 0 aliphatic carbocycles. The molecule has 0 fully saturated rings. The molecular formula is C35H34N2O7. The number of hydrogen-bond acceptors (Lipinski definition) is 5. The molecule has 0 saturated heterocycles. The summed E-state index contributed by atoms with van der Waals surface area (Å²) in [7, 11) is 0. The monoisotopic (exact) mass is 594 g/mol. The Hall–Kier alpha value is -5.31. The van der Waals surface area contributed by atoms with Crippen LogP contribution in [-0.2, 0) is 11.2 Å². The number of rotatable bonds is 11. The molecule has 0 radical (unpaired) electrons. The van der Waals surface area contributed by atoms with Crippen molar-refractivity contribution in [1.29, 1.82) is 0 Å². The number of hydrogen-bond donors (Lipinski definition) is 4. The molecule has 0 aliphatic rings. The van der Waals surface area contributed by atoms with Gasteiger partial charge in [-0.3, -0.25) is 4.79 Å². The number of aromatic nitrogens is 1. The van der Waals surface area contributed by atoms with E-state index in [0.29, 0.717) is 30.5 Å². The van der Waals surface area contributed by atoms with Crippen LogP contribution in [0.4, 0.5) is 4.79 Å². The maximum Gasteiger partial charge on any atom is 0.512 e. The Morgan fingerprint density at radius 1 is 0.886 bits per heavy atom. The molecule has 4 N–H and O–H groups in total. The molecule has 1 aromatic heterocycles. The van der Waals surface area contributed by atoms with Crippen LogP contribution in [0.25, 0.3) is 32.8 Å². The predicted molar refractivity (Wildman–Crippen MR) is 169 cm³/mol. The lowest BCUT2D eigenvalue weighted by molar-refractivity contribution is -0.140. The van der Waals surface area contributed by atoms with E-state index in [1.807, 2.05) is 67.6 Å². The average Bonchev–Trinajstić information content (AvgIpc) is 3.34. The molecule has 4 aromatic carbocycles. The number of carbonyl (C=O) groups is 3. The molecule has 0 unspecified atom stereocenters. The van der Waals surface area contributed by atoms with E-state index >= 15 is 0 Å². The number of nitrogens with one attached hydrogen (secondary N) is 2. The Morgan fingerprint density at radius 3 is 2.34 bits per heavy atom. The number of carboxylic acid groups (broad SMARTS) is 2. The topological polar surface area (TPSA) is 138 Å². The van der Waals surface area contributed by atoms with Crippen molar-refractivity contribution in [2.24, 2.45) is 5.92 Å². The Balaban J connectivity index is 1.40. The van der Waals surface area contributed by atoms with E-state index in [0.717, 1.165) is 44.2 Å². The third-order valence-electron chi connectivity index (χ3n) is 7.67. The van der Waals surface area contributed by atoms with Gasteiger partial charge in [0.1, 0.15) is 11.8 Å². The van der Waals surface area contributed by atoms with Crippen LogP contribution >= 0.6 is 0 Å². The van der Waals surface area contributed by atoms with Gasteiger partial charge >= 0.3 is 12.1 Å². The minimum atomic E-state index is -1.42. The molecule has 0 aliphatic heterocycles. The van der Waals surface area contributed by atoms with Crippen molar-refractivity contribution in [3.05, 3.63) is 95.6 Å². The van der Waals surface area contributed by atoms with E-state index in [1.54, 1.807) is 32.0 Å². The number of carboxylic acids is 1. The molecule has 1 amide bonds. The average molecular weight is 595 g/mol. The minimum Gasteiger partial charge on any atom is -0.493 e. The van der Waals surface area contributed by atoms with Gasteiger partial charge in [0.15, 0.2) is 0 Å². The van der Waals surface area contributed by atoms with Gasteiger partial charge in [0.25, 0.3) is 5.91 Å². The lowest BCUT2D eigenvalue weighted by atomic mass is 9.95. The highest BCUT2D eigenvalue weighted by Gasteiger charge is 2.24. The summed E-state index contributed by atoms with van der Waals surface area (Å²) in [6, 6.07) is 23.8. The Labute approximate surface area is 254 Å². The number of aromatic amines is 1. The summed E-state index contributed by atoms with van der Waals surface area (Å²) in [5.74, 6) is -0.878. The Kier molecular flexibility index (Phi) is 8.85. The summed E-state index contributed by atoms with van der Waals surface area (Å²) in [5.41, 5.74) is 4.22. The first kappa shape index (κ1) is 30.2. The van der Waals surface area contributed by atoms with Gasteiger partial charge in [-0.15, -0.1) is 0 Å². The number of fused-ring (bicyclic) bond motifs is 2. The zero-order valence-electron chi connectivity index (χ0n) is 24.7. The third-order valence-corrected chi connectivity index (χ3v) is 7.67. The smallest absolute Gasteiger partial charge is 0.493 e. The van der Waals surface area contributed by atoms with Crippen molar-refractivity contribution in [3.8, 4) is 22.8 Å². The number of para-hydroxylation sites is 1. The fourth-order valence-corrected chi connectivity index (χ4v) is 5.49. The number of carbonyl (C=O) groups excluding carboxylic acids is 1. The van der Waals surface area contributed by atoms with Crippen molar-refractivity contribution in [3.63, 3.8) is 0 Å². The first-order valence-corrected chi connectivity index (χ1v) is 14.4. The van der Waals surface area contributed by atoms with Crippen LogP contribution in [0.1, 0.15) is 41.8 Å². The second-order valence-electron chi connectivity index (χ2n) is 11.0. The zero-order chi connectivity index (χ0) is 31.4. The van der Waals surface area contributed by atoms with E-state index in [1.165, 1.54) is 0 Å². The zero-order valence-corrected chi connectivity index (χ0v) is 24.7. The summed E-state index contributed by atoms with van der Waals surface area (Å²) >= 11 is 0. The van der Waals surface area contributed by atoms with Crippen molar-refractivity contribution in [2.75, 3.05) is 6.61 Å². The standard InChI is InChI=1S/C35H34N2O7/c1-20(2)30(34(39)40)36-32(38)23-16-17-24(21(3)19-23)26-12-7-13-27-28(33(37-31(26)27)44-35(41)42)14-8-18-43-29-15-6-10-22-9-4-5-11-25(22)29/h4-7,9-13,15-17,19-20,30,37H,8,14,18H2,1-3H3,(H,36,38)(H,39,40)(H,41,42)/t30-/m0/s1. The van der Waals surface area contributed by atoms with Crippen LogP contribution in [0.5, 0.6) is 11.6 Å². The Bertz CT molecular complexity index is 1850.